The molecule has 3 aliphatic rings. The van der Waals surface area contributed by atoms with Gasteiger partial charge in [0, 0.05) is 37.3 Å². The molecule has 0 radical (unpaired) electrons. The summed E-state index contributed by atoms with van der Waals surface area (Å²) in [5, 5.41) is 19.2. The number of benzene rings is 4. The Labute approximate surface area is 442 Å². The molecule has 0 N–H and O–H groups in total. The zero-order valence-electron chi connectivity index (χ0n) is 41.8. The van der Waals surface area contributed by atoms with Gasteiger partial charge in [0.1, 0.15) is 0 Å². The van der Waals surface area contributed by atoms with Gasteiger partial charge in [0.25, 0.3) is 0 Å². The van der Waals surface area contributed by atoms with Crippen LogP contribution in [0, 0.1) is 22.7 Å². The monoisotopic (exact) mass is 1100 g/mol. The number of rotatable bonds is 16. The van der Waals surface area contributed by atoms with Crippen LogP contribution in [0.15, 0.2) is 120 Å². The Bertz CT molecular complexity index is 2720. The zero-order chi connectivity index (χ0) is 53.5. The summed E-state index contributed by atoms with van der Waals surface area (Å²) < 4.78 is 96.1. The molecule has 0 spiro atoms. The average Bonchev–Trinajstić information content (AvgIpc) is 3.37. The number of hydrogen-bond acceptors (Lipinski definition) is 8. The van der Waals surface area contributed by atoms with Crippen LogP contribution in [0.1, 0.15) is 105 Å². The maximum Gasteiger partial charge on any atom is 0.416 e. The Morgan fingerprint density at radius 1 is 0.613 bits per heavy atom. The molecule has 4 amide bonds. The summed E-state index contributed by atoms with van der Waals surface area (Å²) in [5.74, 6) is -1.55. The molecular weight excluding hydrogens is 1050 g/mol. The van der Waals surface area contributed by atoms with Crippen molar-refractivity contribution in [2.75, 3.05) is 62.3 Å². The Hall–Kier alpha value is -7.16. The van der Waals surface area contributed by atoms with E-state index in [1.54, 1.807) is 62.4 Å². The number of allylic oxidation sites excluding steroid dienone is 2. The number of halogens is 7. The second kappa shape index (κ2) is 24.0. The molecule has 13 nitrogen and oxygen atoms in total. The van der Waals surface area contributed by atoms with Gasteiger partial charge >= 0.3 is 36.4 Å². The van der Waals surface area contributed by atoms with E-state index in [1.807, 2.05) is 0 Å². The maximum absolute atomic E-state index is 15.0. The Morgan fingerprint density at radius 2 is 0.987 bits per heavy atom. The maximum atomic E-state index is 15.0. The first-order valence-corrected chi connectivity index (χ1v) is 24.4. The SMILES string of the molecule is CCOC(=O)C1=C(C)N(c2cccc(C(F)(F)F)c2)C(=O)N(CCC[N+]2(CCCN3C(=O)N(c4cccc(C(F)(F)F)c4)C(C)=C(C(=O)OCC)[C@H]3c3ccc(C#N)cc3)CCCCC2)[C@@H]1c1ccc(C#N)cc1.[Br-]. The molecule has 3 aliphatic heterocycles. The molecule has 0 bridgehead atoms. The van der Waals surface area contributed by atoms with Gasteiger partial charge in [0.05, 0.1) is 108 Å². The highest BCUT2D eigenvalue weighted by atomic mass is 79.9. The number of quaternary nitrogens is 1. The lowest BCUT2D eigenvalue weighted by molar-refractivity contribution is -0.932. The summed E-state index contributed by atoms with van der Waals surface area (Å²) in [4.78, 5) is 63.1. The quantitative estimate of drug-likeness (QED) is 0.0616. The van der Waals surface area contributed by atoms with Crippen molar-refractivity contribution in [3.8, 4) is 12.1 Å². The van der Waals surface area contributed by atoms with Gasteiger partial charge in [-0.25, -0.2) is 19.2 Å². The normalized spacial score (nSPS) is 18.1. The predicted molar refractivity (Wildman–Crippen MR) is 261 cm³/mol. The summed E-state index contributed by atoms with van der Waals surface area (Å²) >= 11 is 0. The first-order valence-electron chi connectivity index (χ1n) is 24.4. The van der Waals surface area contributed by atoms with Crippen molar-refractivity contribution in [2.24, 2.45) is 0 Å². The Balaban J connectivity index is 0.00000914. The largest absolute Gasteiger partial charge is 1.00 e. The smallest absolute Gasteiger partial charge is 0.416 e. The van der Waals surface area contributed by atoms with Gasteiger partial charge in [-0.2, -0.15) is 36.9 Å². The average molecular weight is 1100 g/mol. The zero-order valence-corrected chi connectivity index (χ0v) is 43.4. The van der Waals surface area contributed by atoms with Crippen LogP contribution in [0.5, 0.6) is 0 Å². The minimum Gasteiger partial charge on any atom is -1.00 e. The van der Waals surface area contributed by atoms with Crippen molar-refractivity contribution in [3.05, 3.63) is 153 Å². The molecule has 1 saturated heterocycles. The minimum atomic E-state index is -4.74. The van der Waals surface area contributed by atoms with Crippen LogP contribution in [-0.2, 0) is 31.4 Å². The molecule has 20 heteroatoms. The number of likely N-dealkylation sites (tertiary alicyclic amines) is 1. The van der Waals surface area contributed by atoms with Gasteiger partial charge in [-0.1, -0.05) is 36.4 Å². The molecule has 7 rings (SSSR count). The topological polar surface area (TPSA) is 147 Å². The van der Waals surface area contributed by atoms with Crippen molar-refractivity contribution in [3.63, 3.8) is 0 Å². The number of nitriles is 2. The fraction of sp³-hybridized carbons (Fsp3) is 0.382. The van der Waals surface area contributed by atoms with Crippen LogP contribution in [0.25, 0.3) is 0 Å². The number of amides is 4. The molecule has 0 unspecified atom stereocenters. The summed E-state index contributed by atoms with van der Waals surface area (Å²) in [7, 11) is 0. The Morgan fingerprint density at radius 3 is 1.32 bits per heavy atom. The molecule has 396 valence electrons. The van der Waals surface area contributed by atoms with Gasteiger partial charge in [-0.05, 0) is 119 Å². The number of esters is 2. The summed E-state index contributed by atoms with van der Waals surface area (Å²) in [5.41, 5.74) is -0.403. The van der Waals surface area contributed by atoms with Crippen molar-refractivity contribution >= 4 is 35.4 Å². The van der Waals surface area contributed by atoms with Crippen LogP contribution in [0.2, 0.25) is 0 Å². The lowest BCUT2D eigenvalue weighted by Crippen LogP contribution is -3.00. The van der Waals surface area contributed by atoms with Crippen molar-refractivity contribution in [2.45, 2.75) is 84.2 Å². The molecular formula is C55H56BrF6N7O6. The van der Waals surface area contributed by atoms with Gasteiger partial charge < -0.3 is 40.7 Å². The van der Waals surface area contributed by atoms with Gasteiger partial charge in [-0.15, -0.1) is 0 Å². The molecule has 75 heavy (non-hydrogen) atoms. The number of ether oxygens (including phenoxy) is 2. The molecule has 0 aliphatic carbocycles. The number of nitrogens with zero attached hydrogens (tertiary/aromatic N) is 7. The van der Waals surface area contributed by atoms with E-state index < -0.39 is 59.6 Å². The molecule has 4 aromatic carbocycles. The fourth-order valence-electron chi connectivity index (χ4n) is 10.4. The van der Waals surface area contributed by atoms with Gasteiger partial charge in [0.15, 0.2) is 0 Å². The molecule has 1 fully saturated rings. The first-order chi connectivity index (χ1) is 35.3. The number of hydrogen-bond donors (Lipinski definition) is 0. The van der Waals surface area contributed by atoms with E-state index in [0.717, 1.165) is 53.3 Å². The van der Waals surface area contributed by atoms with Crippen molar-refractivity contribution < 1.29 is 76.5 Å². The molecule has 3 heterocycles. The number of urea groups is 2. The number of anilines is 2. The third-order valence-corrected chi connectivity index (χ3v) is 13.9. The summed E-state index contributed by atoms with van der Waals surface area (Å²) in [6, 6.07) is 21.9. The predicted octanol–water partition coefficient (Wildman–Crippen LogP) is 8.59. The third kappa shape index (κ3) is 12.4. The second-order valence-corrected chi connectivity index (χ2v) is 18.4. The van der Waals surface area contributed by atoms with Gasteiger partial charge in [-0.3, -0.25) is 9.80 Å². The second-order valence-electron chi connectivity index (χ2n) is 18.4. The number of carbonyl (C=O) groups excluding carboxylic acids is 4. The Kier molecular flexibility index (Phi) is 18.3. The standard InChI is InChI=1S/C55H56F6N7O6.BrH/c1-5-73-50(69)46-36(3)66(44-16-10-14-42(32-44)54(56,57)58)52(71)64(48(46)40-22-18-38(34-62)19-23-40)26-12-30-68(28-8-7-9-29-68)31-13-27-65-49(41-24-20-39(35-63)21-25-41)47(51(70)74-6-2)37(4)67(53(65)72)45-17-11-15-43(33-45)55(59,60)61;/h10-11,14-25,32-33,48-49H,5-9,12-13,26-31H2,1-4H3;1H/q+1;/p-1/t48-,49-;/m1./s1. The highest BCUT2D eigenvalue weighted by Gasteiger charge is 2.46. The lowest BCUT2D eigenvalue weighted by atomic mass is 9.91. The van der Waals surface area contributed by atoms with E-state index in [9.17, 15) is 56.0 Å². The molecule has 0 aromatic heterocycles. The van der Waals surface area contributed by atoms with Crippen LogP contribution in [0.4, 0.5) is 47.3 Å². The van der Waals surface area contributed by atoms with E-state index >= 15 is 0 Å². The first kappa shape index (κ1) is 57.1. The van der Waals surface area contributed by atoms with Gasteiger partial charge in [0.2, 0.25) is 0 Å². The van der Waals surface area contributed by atoms with Crippen LogP contribution in [-0.4, -0.2) is 90.8 Å². The van der Waals surface area contributed by atoms with Crippen molar-refractivity contribution in [1.29, 1.82) is 10.5 Å². The van der Waals surface area contributed by atoms with Crippen LogP contribution >= 0.6 is 0 Å². The van der Waals surface area contributed by atoms with Crippen LogP contribution < -0.4 is 26.8 Å². The summed E-state index contributed by atoms with van der Waals surface area (Å²) in [6.07, 6.45) is -6.13. The van der Waals surface area contributed by atoms with E-state index in [0.29, 0.717) is 65.8 Å². The molecule has 0 saturated carbocycles. The molecule has 4 aromatic rings. The molecule has 2 atom stereocenters. The minimum absolute atomic E-state index is 0. The van der Waals surface area contributed by atoms with E-state index in [-0.39, 0.29) is 77.2 Å². The third-order valence-electron chi connectivity index (χ3n) is 13.9. The number of carbonyl (C=O) groups is 4. The number of piperidine rings is 1. The highest BCUT2D eigenvalue weighted by Crippen LogP contribution is 2.44. The summed E-state index contributed by atoms with van der Waals surface area (Å²) in [6.45, 7) is 8.58. The van der Waals surface area contributed by atoms with Crippen molar-refractivity contribution in [1.82, 2.24) is 9.80 Å². The van der Waals surface area contributed by atoms with Crippen LogP contribution in [0.3, 0.4) is 0 Å². The fourth-order valence-corrected chi connectivity index (χ4v) is 10.4. The number of alkyl halides is 6. The van der Waals surface area contributed by atoms with E-state index in [1.165, 1.54) is 47.9 Å². The van der Waals surface area contributed by atoms with E-state index in [4.69, 9.17) is 9.47 Å². The lowest BCUT2D eigenvalue weighted by Gasteiger charge is -2.46. The highest BCUT2D eigenvalue weighted by molar-refractivity contribution is 6.04. The van der Waals surface area contributed by atoms with E-state index in [2.05, 4.69) is 12.1 Å².